The topological polar surface area (TPSA) is 53.3 Å². The number of piperidine rings is 1. The molecule has 0 aliphatic carbocycles. The van der Waals surface area contributed by atoms with Gasteiger partial charge in [0, 0.05) is 19.5 Å². The van der Waals surface area contributed by atoms with E-state index >= 15 is 0 Å². The van der Waals surface area contributed by atoms with Crippen LogP contribution in [0.15, 0.2) is 0 Å². The number of nitrogens with zero attached hydrogens (tertiary/aromatic N) is 2. The average Bonchev–Trinajstić information content (AvgIpc) is 2.14. The Morgan fingerprint density at radius 2 is 2.12 bits per heavy atom. The molecule has 1 saturated heterocycles. The highest BCUT2D eigenvalue weighted by Gasteiger charge is 2.46. The summed E-state index contributed by atoms with van der Waals surface area (Å²) < 4.78 is 31.6. The first-order valence-electron chi connectivity index (χ1n) is 5.41. The van der Waals surface area contributed by atoms with Crippen LogP contribution in [0.25, 0.3) is 0 Å². The van der Waals surface area contributed by atoms with Gasteiger partial charge in [-0.1, -0.05) is 0 Å². The molecule has 1 atom stereocenters. The van der Waals surface area contributed by atoms with Crippen LogP contribution in [0.3, 0.4) is 0 Å². The Hall–Kier alpha value is -1.38. The normalized spacial score (nSPS) is 24.0. The number of likely N-dealkylation sites (tertiary alicyclic amines) is 1. The lowest BCUT2D eigenvalue weighted by molar-refractivity contribution is -0.0860. The number of rotatable bonds is 0. The van der Waals surface area contributed by atoms with Crippen molar-refractivity contribution < 1.29 is 18.3 Å². The third-order valence-electron chi connectivity index (χ3n) is 2.44. The maximum atomic E-state index is 13.2. The minimum absolute atomic E-state index is 0.0832. The molecule has 1 fully saturated rings. The summed E-state index contributed by atoms with van der Waals surface area (Å²) in [6, 6.07) is 1.54. The standard InChI is InChI=1S/C11H16F2N2O2/c1-10(2,3)17-9(16)15-5-4-11(12,13)8(6-14)7-15/h8H,4-5,7H2,1-3H3/t8-/m0/s1. The van der Waals surface area contributed by atoms with E-state index in [0.717, 1.165) is 4.90 Å². The molecule has 1 amide bonds. The number of hydrogen-bond acceptors (Lipinski definition) is 3. The first-order chi connectivity index (χ1) is 7.65. The van der Waals surface area contributed by atoms with E-state index in [-0.39, 0.29) is 13.1 Å². The van der Waals surface area contributed by atoms with E-state index in [1.54, 1.807) is 26.8 Å². The molecule has 0 radical (unpaired) electrons. The summed E-state index contributed by atoms with van der Waals surface area (Å²) in [5, 5.41) is 8.65. The zero-order valence-corrected chi connectivity index (χ0v) is 10.2. The van der Waals surface area contributed by atoms with Gasteiger partial charge in [-0.15, -0.1) is 0 Å². The van der Waals surface area contributed by atoms with Crippen molar-refractivity contribution >= 4 is 6.09 Å². The van der Waals surface area contributed by atoms with Crippen LogP contribution in [0.5, 0.6) is 0 Å². The van der Waals surface area contributed by atoms with Crippen LogP contribution in [-0.4, -0.2) is 35.6 Å². The molecule has 0 unspecified atom stereocenters. The number of halogens is 2. The lowest BCUT2D eigenvalue weighted by Gasteiger charge is -2.35. The summed E-state index contributed by atoms with van der Waals surface area (Å²) in [6.07, 6.45) is -1.14. The highest BCUT2D eigenvalue weighted by molar-refractivity contribution is 5.68. The van der Waals surface area contributed by atoms with Gasteiger partial charge in [0.05, 0.1) is 6.07 Å². The lowest BCUT2D eigenvalue weighted by atomic mass is 9.95. The predicted octanol–water partition coefficient (Wildman–Crippen LogP) is 2.40. The zero-order chi connectivity index (χ0) is 13.3. The Labute approximate surface area is 99.1 Å². The SMILES string of the molecule is CC(C)(C)OC(=O)N1CCC(F)(F)[C@@H](C#N)C1. The Morgan fingerprint density at radius 3 is 2.59 bits per heavy atom. The molecular weight excluding hydrogens is 230 g/mol. The molecule has 0 bridgehead atoms. The van der Waals surface area contributed by atoms with Crippen molar-refractivity contribution in [1.29, 1.82) is 5.26 Å². The maximum absolute atomic E-state index is 13.2. The largest absolute Gasteiger partial charge is 0.444 e. The van der Waals surface area contributed by atoms with Crippen molar-refractivity contribution in [3.05, 3.63) is 0 Å². The molecule has 0 spiro atoms. The third-order valence-corrected chi connectivity index (χ3v) is 2.44. The first-order valence-corrected chi connectivity index (χ1v) is 5.41. The molecule has 4 nitrogen and oxygen atoms in total. The van der Waals surface area contributed by atoms with E-state index in [9.17, 15) is 13.6 Å². The summed E-state index contributed by atoms with van der Waals surface area (Å²) in [5.41, 5.74) is -0.667. The maximum Gasteiger partial charge on any atom is 0.410 e. The van der Waals surface area contributed by atoms with E-state index < -0.39 is 30.0 Å². The predicted molar refractivity (Wildman–Crippen MR) is 56.5 cm³/mol. The van der Waals surface area contributed by atoms with Crippen LogP contribution in [0.2, 0.25) is 0 Å². The summed E-state index contributed by atoms with van der Waals surface area (Å²) >= 11 is 0. The van der Waals surface area contributed by atoms with E-state index in [2.05, 4.69) is 0 Å². The number of carbonyl (C=O) groups excluding carboxylic acids is 1. The van der Waals surface area contributed by atoms with Gasteiger partial charge in [0.15, 0.2) is 0 Å². The molecule has 0 aromatic heterocycles. The van der Waals surface area contributed by atoms with Gasteiger partial charge in [0.2, 0.25) is 0 Å². The van der Waals surface area contributed by atoms with Crippen molar-refractivity contribution in [3.8, 4) is 6.07 Å². The Morgan fingerprint density at radius 1 is 1.53 bits per heavy atom. The van der Waals surface area contributed by atoms with Crippen LogP contribution < -0.4 is 0 Å². The molecular formula is C11H16F2N2O2. The fraction of sp³-hybridized carbons (Fsp3) is 0.818. The Balaban J connectivity index is 2.65. The quantitative estimate of drug-likeness (QED) is 0.659. The highest BCUT2D eigenvalue weighted by Crippen LogP contribution is 2.33. The molecule has 0 N–H and O–H groups in total. The number of alkyl halides is 2. The average molecular weight is 246 g/mol. The van der Waals surface area contributed by atoms with E-state index in [1.165, 1.54) is 0 Å². The summed E-state index contributed by atoms with van der Waals surface area (Å²) in [7, 11) is 0. The summed E-state index contributed by atoms with van der Waals surface area (Å²) in [5.74, 6) is -4.48. The molecule has 0 aromatic carbocycles. The van der Waals surface area contributed by atoms with E-state index in [1.807, 2.05) is 0 Å². The van der Waals surface area contributed by atoms with Crippen LogP contribution in [0.4, 0.5) is 13.6 Å². The second kappa shape index (κ2) is 4.47. The molecule has 1 heterocycles. The van der Waals surface area contributed by atoms with Gasteiger partial charge < -0.3 is 9.64 Å². The Kier molecular flexibility index (Phi) is 3.60. The first kappa shape index (κ1) is 13.7. The van der Waals surface area contributed by atoms with Gasteiger partial charge in [-0.05, 0) is 20.8 Å². The van der Waals surface area contributed by atoms with E-state index in [0.29, 0.717) is 0 Å². The summed E-state index contributed by atoms with van der Waals surface area (Å²) in [4.78, 5) is 12.8. The minimum Gasteiger partial charge on any atom is -0.444 e. The monoisotopic (exact) mass is 246 g/mol. The minimum atomic E-state index is -3.02. The molecule has 1 rings (SSSR count). The molecule has 0 aromatic rings. The van der Waals surface area contributed by atoms with E-state index in [4.69, 9.17) is 10.00 Å². The van der Waals surface area contributed by atoms with Crippen molar-refractivity contribution in [2.24, 2.45) is 5.92 Å². The fourth-order valence-electron chi connectivity index (χ4n) is 1.53. The van der Waals surface area contributed by atoms with Gasteiger partial charge in [-0.2, -0.15) is 5.26 Å². The van der Waals surface area contributed by atoms with Crippen molar-refractivity contribution in [3.63, 3.8) is 0 Å². The molecule has 96 valence electrons. The van der Waals surface area contributed by atoms with Crippen molar-refractivity contribution in [1.82, 2.24) is 4.90 Å². The van der Waals surface area contributed by atoms with Crippen molar-refractivity contribution in [2.75, 3.05) is 13.1 Å². The molecule has 0 saturated carbocycles. The van der Waals surface area contributed by atoms with Crippen LogP contribution in [-0.2, 0) is 4.74 Å². The second-order valence-electron chi connectivity index (χ2n) is 5.12. The van der Waals surface area contributed by atoms with Gasteiger partial charge in [0.25, 0.3) is 5.92 Å². The molecule has 1 aliphatic heterocycles. The third kappa shape index (κ3) is 3.55. The smallest absolute Gasteiger partial charge is 0.410 e. The van der Waals surface area contributed by atoms with Gasteiger partial charge in [-0.25, -0.2) is 13.6 Å². The molecule has 17 heavy (non-hydrogen) atoms. The van der Waals surface area contributed by atoms with Crippen LogP contribution >= 0.6 is 0 Å². The second-order valence-corrected chi connectivity index (χ2v) is 5.12. The number of amides is 1. The molecule has 6 heteroatoms. The van der Waals surface area contributed by atoms with Gasteiger partial charge in [-0.3, -0.25) is 0 Å². The number of nitriles is 1. The zero-order valence-electron chi connectivity index (χ0n) is 10.2. The number of hydrogen-bond donors (Lipinski definition) is 0. The highest BCUT2D eigenvalue weighted by atomic mass is 19.3. The van der Waals surface area contributed by atoms with Crippen LogP contribution in [0.1, 0.15) is 27.2 Å². The Bertz CT molecular complexity index is 344. The van der Waals surface area contributed by atoms with Gasteiger partial charge in [0.1, 0.15) is 11.5 Å². The van der Waals surface area contributed by atoms with Gasteiger partial charge >= 0.3 is 6.09 Å². The fourth-order valence-corrected chi connectivity index (χ4v) is 1.53. The lowest BCUT2D eigenvalue weighted by Crippen LogP contribution is -2.50. The molecule has 1 aliphatic rings. The summed E-state index contributed by atoms with van der Waals surface area (Å²) in [6.45, 7) is 4.74. The number of ether oxygens (including phenoxy) is 1. The number of carbonyl (C=O) groups is 1. The van der Waals surface area contributed by atoms with Crippen molar-refractivity contribution in [2.45, 2.75) is 38.7 Å². The van der Waals surface area contributed by atoms with Crippen LogP contribution in [0, 0.1) is 17.2 Å².